The van der Waals surface area contributed by atoms with Gasteiger partial charge in [-0.3, -0.25) is 0 Å². The van der Waals surface area contributed by atoms with E-state index in [2.05, 4.69) is 330 Å². The molecule has 0 fully saturated rings. The van der Waals surface area contributed by atoms with Gasteiger partial charge in [-0.2, -0.15) is 0 Å². The van der Waals surface area contributed by atoms with Crippen LogP contribution in [0.1, 0.15) is 44.9 Å². The van der Waals surface area contributed by atoms with Gasteiger partial charge in [-0.25, -0.2) is 0 Å². The highest BCUT2D eigenvalue weighted by molar-refractivity contribution is 5.99. The van der Waals surface area contributed by atoms with Crippen LogP contribution >= 0.6 is 0 Å². The molecule has 2 aliphatic carbocycles. The summed E-state index contributed by atoms with van der Waals surface area (Å²) in [5.41, 5.74) is 22.8. The van der Waals surface area contributed by atoms with E-state index < -0.39 is 5.41 Å². The molecule has 0 heterocycles. The van der Waals surface area contributed by atoms with E-state index in [9.17, 15) is 0 Å². The molecule has 0 aromatic heterocycles. The maximum absolute atomic E-state index is 2.57. The first-order chi connectivity index (χ1) is 38.2. The van der Waals surface area contributed by atoms with Crippen molar-refractivity contribution in [3.63, 3.8) is 0 Å². The number of fused-ring (bicyclic) bond motifs is 10. The number of benzene rings is 12. The maximum Gasteiger partial charge on any atom is 0.0727 e. The number of anilines is 9. The van der Waals surface area contributed by atoms with E-state index in [1.165, 1.54) is 61.2 Å². The van der Waals surface area contributed by atoms with Crippen LogP contribution in [0.5, 0.6) is 0 Å². The Morgan fingerprint density at radius 3 is 0.701 bits per heavy atom. The average Bonchev–Trinajstić information content (AvgIpc) is 4.18. The fourth-order valence-corrected chi connectivity index (χ4v) is 12.5. The van der Waals surface area contributed by atoms with Crippen molar-refractivity contribution in [2.45, 2.75) is 11.3 Å². The minimum atomic E-state index is -0.789. The van der Waals surface area contributed by atoms with E-state index in [0.29, 0.717) is 0 Å². The van der Waals surface area contributed by atoms with Crippen molar-refractivity contribution in [3.8, 4) is 22.3 Å². The third-order valence-corrected chi connectivity index (χ3v) is 15.7. The van der Waals surface area contributed by atoms with Crippen molar-refractivity contribution in [1.29, 1.82) is 0 Å². The second kappa shape index (κ2) is 19.4. The second-order valence-electron chi connectivity index (χ2n) is 20.0. The second-order valence-corrected chi connectivity index (χ2v) is 20.0. The van der Waals surface area contributed by atoms with Gasteiger partial charge in [-0.1, -0.05) is 206 Å². The van der Waals surface area contributed by atoms with E-state index in [-0.39, 0.29) is 5.92 Å². The molecule has 0 unspecified atom stereocenters. The Morgan fingerprint density at radius 2 is 0.429 bits per heavy atom. The lowest BCUT2D eigenvalue weighted by Gasteiger charge is -2.34. The van der Waals surface area contributed by atoms with Crippen LogP contribution in [0.3, 0.4) is 0 Å². The van der Waals surface area contributed by atoms with Gasteiger partial charge in [0.15, 0.2) is 0 Å². The Labute approximate surface area is 451 Å². The lowest BCUT2D eigenvalue weighted by Crippen LogP contribution is -2.27. The van der Waals surface area contributed by atoms with E-state index in [1.54, 1.807) is 0 Å². The molecule has 12 aromatic rings. The highest BCUT2D eigenvalue weighted by Crippen LogP contribution is 2.65. The molecule has 0 aliphatic heterocycles. The van der Waals surface area contributed by atoms with Gasteiger partial charge in [0.1, 0.15) is 0 Å². The lowest BCUT2D eigenvalue weighted by atomic mass is 9.69. The van der Waals surface area contributed by atoms with Crippen LogP contribution in [0.15, 0.2) is 315 Å². The van der Waals surface area contributed by atoms with Gasteiger partial charge in [0.05, 0.1) is 5.41 Å². The Bertz CT molecular complexity index is 3330. The maximum atomic E-state index is 2.57. The fourth-order valence-electron chi connectivity index (χ4n) is 12.5. The molecule has 0 radical (unpaired) electrons. The number of para-hydroxylation sites is 6. The zero-order valence-corrected chi connectivity index (χ0v) is 42.4. The summed E-state index contributed by atoms with van der Waals surface area (Å²) < 4.78 is 0. The summed E-state index contributed by atoms with van der Waals surface area (Å²) >= 11 is 0. The smallest absolute Gasteiger partial charge is 0.0727 e. The van der Waals surface area contributed by atoms with Crippen LogP contribution in [0.4, 0.5) is 51.2 Å². The summed E-state index contributed by atoms with van der Waals surface area (Å²) in [6.45, 7) is 0. The molecule has 0 bridgehead atoms. The minimum absolute atomic E-state index is 0.0120. The molecule has 0 saturated heterocycles. The molecule has 364 valence electrons. The molecule has 0 amide bonds. The molecule has 0 N–H and O–H groups in total. The molecular formula is C74H53N3. The van der Waals surface area contributed by atoms with Crippen molar-refractivity contribution >= 4 is 51.2 Å². The van der Waals surface area contributed by atoms with Gasteiger partial charge in [-0.05, 0) is 170 Å². The molecule has 1 spiro atoms. The molecular weight excluding hydrogens is 931 g/mol. The highest BCUT2D eigenvalue weighted by Gasteiger charge is 2.53. The van der Waals surface area contributed by atoms with Gasteiger partial charge >= 0.3 is 0 Å². The number of nitrogens with zero attached hydrogens (tertiary/aromatic N) is 3. The lowest BCUT2D eigenvalue weighted by molar-refractivity contribution is 0.789. The molecule has 0 saturated carbocycles. The Hall–Kier alpha value is -9.96. The van der Waals surface area contributed by atoms with Gasteiger partial charge < -0.3 is 14.7 Å². The van der Waals surface area contributed by atoms with Crippen LogP contribution in [0.2, 0.25) is 0 Å². The van der Waals surface area contributed by atoms with Crippen LogP contribution in [0.25, 0.3) is 22.3 Å². The van der Waals surface area contributed by atoms with Crippen molar-refractivity contribution in [3.05, 3.63) is 354 Å². The van der Waals surface area contributed by atoms with Crippen LogP contribution in [-0.2, 0) is 5.41 Å². The summed E-state index contributed by atoms with van der Waals surface area (Å²) in [5, 5.41) is 0. The van der Waals surface area contributed by atoms with Crippen molar-refractivity contribution in [2.75, 3.05) is 14.7 Å². The zero-order valence-electron chi connectivity index (χ0n) is 42.4. The van der Waals surface area contributed by atoms with Crippen molar-refractivity contribution in [1.82, 2.24) is 0 Å². The first kappa shape index (κ1) is 45.6. The minimum Gasteiger partial charge on any atom is -0.310 e. The summed E-state index contributed by atoms with van der Waals surface area (Å²) in [6.07, 6.45) is 0. The van der Waals surface area contributed by atoms with Gasteiger partial charge in [-0.15, -0.1) is 0 Å². The summed E-state index contributed by atoms with van der Waals surface area (Å²) in [6, 6.07) is 116. The SMILES string of the molecule is c1ccc(C(c2ccccc2)c2ccc3c(c2)C2(c4cc(N(c5ccccc5)c5ccccc5)ccc4-3)c3cc(N(c4ccccc4)c4ccccc4)ccc3-c3ccc(N(c4ccccc4)c4ccccc4)cc32)cc1. The first-order valence-electron chi connectivity index (χ1n) is 26.6. The fraction of sp³-hybridized carbons (Fsp3) is 0.0270. The average molecular weight is 984 g/mol. The summed E-state index contributed by atoms with van der Waals surface area (Å²) in [5.74, 6) is -0.0120. The van der Waals surface area contributed by atoms with E-state index in [1.807, 2.05) is 0 Å². The quantitative estimate of drug-likeness (QED) is 0.113. The van der Waals surface area contributed by atoms with Gasteiger partial charge in [0.2, 0.25) is 0 Å². The summed E-state index contributed by atoms with van der Waals surface area (Å²) in [7, 11) is 0. The van der Waals surface area contributed by atoms with E-state index in [0.717, 1.165) is 51.2 Å². The molecule has 2 aliphatic rings. The topological polar surface area (TPSA) is 9.72 Å². The molecule has 3 heteroatoms. The predicted octanol–water partition coefficient (Wildman–Crippen LogP) is 19.6. The van der Waals surface area contributed by atoms with Crippen molar-refractivity contribution < 1.29 is 0 Å². The largest absolute Gasteiger partial charge is 0.310 e. The molecule has 12 aromatic carbocycles. The first-order valence-corrected chi connectivity index (χ1v) is 26.6. The molecule has 77 heavy (non-hydrogen) atoms. The molecule has 14 rings (SSSR count). The standard InChI is InChI=1S/C74H53N3/c1-9-25-53(26-10-1)73(54-27-11-2-12-28-54)55-41-45-65-66-46-42-62(75(56-29-13-3-14-30-56)57-31-15-4-16-32-57)50-70(66)74(69(65)49-55)71-51-63(76(58-33-17-5-18-34-58)59-35-19-6-20-36-59)43-47-67(71)68-48-44-64(52-72(68)74)77(60-37-21-7-22-38-60)61-39-23-8-24-40-61/h1-52,73H. The Kier molecular flexibility index (Phi) is 11.5. The Morgan fingerprint density at radius 1 is 0.195 bits per heavy atom. The van der Waals surface area contributed by atoms with E-state index >= 15 is 0 Å². The van der Waals surface area contributed by atoms with Crippen LogP contribution < -0.4 is 14.7 Å². The number of hydrogen-bond acceptors (Lipinski definition) is 3. The van der Waals surface area contributed by atoms with Gasteiger partial charge in [0, 0.05) is 57.1 Å². The van der Waals surface area contributed by atoms with Crippen LogP contribution in [0, 0.1) is 0 Å². The monoisotopic (exact) mass is 983 g/mol. The summed E-state index contributed by atoms with van der Waals surface area (Å²) in [4.78, 5) is 7.23. The zero-order chi connectivity index (χ0) is 51.1. The van der Waals surface area contributed by atoms with Crippen LogP contribution in [-0.4, -0.2) is 0 Å². The molecule has 0 atom stereocenters. The highest BCUT2D eigenvalue weighted by atomic mass is 15.2. The third-order valence-electron chi connectivity index (χ3n) is 15.7. The third kappa shape index (κ3) is 7.83. The number of rotatable bonds is 12. The predicted molar refractivity (Wildman–Crippen MR) is 321 cm³/mol. The van der Waals surface area contributed by atoms with Crippen molar-refractivity contribution in [2.24, 2.45) is 0 Å². The normalized spacial score (nSPS) is 12.4. The van der Waals surface area contributed by atoms with E-state index in [4.69, 9.17) is 0 Å². The number of hydrogen-bond donors (Lipinski definition) is 0. The Balaban J connectivity index is 1.10. The van der Waals surface area contributed by atoms with Gasteiger partial charge in [0.25, 0.3) is 0 Å². The molecule has 3 nitrogen and oxygen atoms in total.